The molecule has 0 spiro atoms. The highest BCUT2D eigenvalue weighted by Gasteiger charge is 2.52. The van der Waals surface area contributed by atoms with E-state index < -0.39 is 16.6 Å². The van der Waals surface area contributed by atoms with Gasteiger partial charge in [-0.05, 0) is 101 Å². The number of carbonyl (C=O) groups excluding carboxylic acids is 1. The molecule has 0 aromatic carbocycles. The monoisotopic (exact) mass is 642 g/mol. The maximum atomic E-state index is 12.6. The number of carbonyl (C=O) groups is 1. The first-order valence-electron chi connectivity index (χ1n) is 18.3. The fourth-order valence-electron chi connectivity index (χ4n) is 10.9. The molecule has 3 rings (SSSR count). The van der Waals surface area contributed by atoms with Crippen LogP contribution in [0.3, 0.4) is 0 Å². The summed E-state index contributed by atoms with van der Waals surface area (Å²) in [5, 5.41) is 0. The molecular formula is C39H70O3Si2. The number of Topliss-reactive ketones (excluding diaryl/α,β-unsaturated/α-hetero) is 1. The Balaban J connectivity index is 2.07. The van der Waals surface area contributed by atoms with Crippen LogP contribution >= 0.6 is 0 Å². The van der Waals surface area contributed by atoms with Crippen LogP contribution in [0.1, 0.15) is 142 Å². The lowest BCUT2D eigenvalue weighted by Crippen LogP contribution is -2.54. The first-order chi connectivity index (χ1) is 20.4. The molecule has 3 aliphatic rings. The first-order valence-corrected chi connectivity index (χ1v) is 22.6. The molecule has 0 aliphatic heterocycles. The van der Waals surface area contributed by atoms with Gasteiger partial charge in [-0.3, -0.25) is 4.79 Å². The van der Waals surface area contributed by atoms with Crippen molar-refractivity contribution >= 4 is 22.4 Å². The molecule has 0 heterocycles. The zero-order valence-electron chi connectivity index (χ0n) is 31.3. The third-order valence-electron chi connectivity index (χ3n) is 12.8. The van der Waals surface area contributed by atoms with E-state index >= 15 is 0 Å². The topological polar surface area (TPSA) is 35.5 Å². The van der Waals surface area contributed by atoms with Crippen LogP contribution in [-0.4, -0.2) is 34.6 Å². The van der Waals surface area contributed by atoms with E-state index in [9.17, 15) is 4.79 Å². The van der Waals surface area contributed by atoms with Crippen LogP contribution < -0.4 is 0 Å². The number of hydrogen-bond acceptors (Lipinski definition) is 3. The zero-order valence-corrected chi connectivity index (χ0v) is 33.3. The lowest BCUT2D eigenvalue weighted by Gasteiger charge is -2.49. The van der Waals surface area contributed by atoms with E-state index in [1.54, 1.807) is 5.57 Å². The molecule has 3 aliphatic carbocycles. The van der Waals surface area contributed by atoms with Gasteiger partial charge in [-0.15, -0.1) is 0 Å². The van der Waals surface area contributed by atoms with Gasteiger partial charge in [0.1, 0.15) is 5.78 Å². The van der Waals surface area contributed by atoms with Crippen molar-refractivity contribution in [1.82, 2.24) is 0 Å². The Kier molecular flexibility index (Phi) is 12.5. The number of fused-ring (bicyclic) bond motifs is 1. The van der Waals surface area contributed by atoms with Crippen LogP contribution in [0.25, 0.3) is 0 Å². The Morgan fingerprint density at radius 2 is 1.32 bits per heavy atom. The van der Waals surface area contributed by atoms with Crippen molar-refractivity contribution in [3.8, 4) is 0 Å². The second-order valence-electron chi connectivity index (χ2n) is 17.0. The molecule has 0 N–H and O–H groups in total. The van der Waals surface area contributed by atoms with Crippen LogP contribution in [0.2, 0.25) is 33.2 Å². The van der Waals surface area contributed by atoms with Gasteiger partial charge >= 0.3 is 0 Å². The molecule has 3 nitrogen and oxygen atoms in total. The number of hydrogen-bond donors (Lipinski definition) is 0. The lowest BCUT2D eigenvalue weighted by atomic mass is 9.63. The molecule has 5 atom stereocenters. The van der Waals surface area contributed by atoms with Gasteiger partial charge in [-0.1, -0.05) is 114 Å². The average Bonchev–Trinajstić information content (AvgIpc) is 3.27. The van der Waals surface area contributed by atoms with Crippen molar-refractivity contribution in [1.29, 1.82) is 0 Å². The summed E-state index contributed by atoms with van der Waals surface area (Å²) < 4.78 is 15.0. The molecule has 3 fully saturated rings. The van der Waals surface area contributed by atoms with Gasteiger partial charge in [0.05, 0.1) is 12.2 Å². The summed E-state index contributed by atoms with van der Waals surface area (Å²) in [6.45, 7) is 37.7. The summed E-state index contributed by atoms with van der Waals surface area (Å²) in [7, 11) is -4.19. The average molecular weight is 643 g/mol. The third kappa shape index (κ3) is 6.92. The minimum absolute atomic E-state index is 0.000601. The largest absolute Gasteiger partial charge is 0.413 e. The van der Waals surface area contributed by atoms with Crippen LogP contribution in [0, 0.1) is 17.3 Å². The predicted molar refractivity (Wildman–Crippen MR) is 195 cm³/mol. The van der Waals surface area contributed by atoms with Crippen LogP contribution in [0.15, 0.2) is 35.5 Å². The van der Waals surface area contributed by atoms with E-state index in [4.69, 9.17) is 15.4 Å². The predicted octanol–water partition coefficient (Wildman–Crippen LogP) is 12.1. The number of allylic oxidation sites excluding steroid dienone is 3. The van der Waals surface area contributed by atoms with Gasteiger partial charge in [-0.25, -0.2) is 0 Å². The minimum atomic E-state index is -2.12. The molecule has 0 saturated heterocycles. The summed E-state index contributed by atoms with van der Waals surface area (Å²) in [6, 6.07) is 0. The summed E-state index contributed by atoms with van der Waals surface area (Å²) >= 11 is 0. The molecule has 0 radical (unpaired) electrons. The number of rotatable bonds is 12. The molecule has 44 heavy (non-hydrogen) atoms. The third-order valence-corrected chi connectivity index (χ3v) is 25.1. The van der Waals surface area contributed by atoms with Crippen molar-refractivity contribution in [2.24, 2.45) is 17.3 Å². The first kappa shape index (κ1) is 37.7. The Morgan fingerprint density at radius 3 is 1.80 bits per heavy atom. The molecular weight excluding hydrogens is 573 g/mol. The van der Waals surface area contributed by atoms with Gasteiger partial charge in [0.15, 0.2) is 0 Å². The summed E-state index contributed by atoms with van der Waals surface area (Å²) in [6.07, 6.45) is 12.5. The normalized spacial score (nSPS) is 30.7. The summed E-state index contributed by atoms with van der Waals surface area (Å²) in [4.78, 5) is 12.6. The molecule has 0 unspecified atom stereocenters. The highest BCUT2D eigenvalue weighted by Crippen LogP contribution is 2.58. The summed E-state index contributed by atoms with van der Waals surface area (Å²) in [5.41, 5.74) is 7.39. The van der Waals surface area contributed by atoms with Crippen LogP contribution in [0.4, 0.5) is 0 Å². The van der Waals surface area contributed by atoms with Crippen molar-refractivity contribution in [2.75, 3.05) is 0 Å². The molecule has 0 aromatic rings. The van der Waals surface area contributed by atoms with Gasteiger partial charge in [0.2, 0.25) is 16.6 Å². The highest BCUT2D eigenvalue weighted by atomic mass is 28.4. The van der Waals surface area contributed by atoms with Gasteiger partial charge in [-0.2, -0.15) is 0 Å². The smallest absolute Gasteiger partial charge is 0.201 e. The molecule has 252 valence electrons. The fourth-order valence-corrected chi connectivity index (χ4v) is 22.0. The quantitative estimate of drug-likeness (QED) is 0.199. The van der Waals surface area contributed by atoms with Crippen molar-refractivity contribution in [2.45, 2.75) is 187 Å². The molecule has 0 aromatic heterocycles. The van der Waals surface area contributed by atoms with E-state index in [1.165, 1.54) is 24.0 Å². The second-order valence-corrected chi connectivity index (χ2v) is 27.8. The Morgan fingerprint density at radius 1 is 0.818 bits per heavy atom. The van der Waals surface area contributed by atoms with E-state index in [1.807, 2.05) is 6.92 Å². The van der Waals surface area contributed by atoms with Gasteiger partial charge in [0.25, 0.3) is 0 Å². The standard InChI is InChI=1S/C39H70O3Si2/c1-25(2)43(26(3)4,27(5)6)41-35-23-34(31(13)38(24-35)42-44(28(7)8,29(9)10)30(11)12)19-18-33-17-16-22-39(15)36(32(14)40)20-21-37(33)39/h18-19,25-30,35-38H,13,16-17,20-24H2,1-12,14-15H3/b33-18?,34-19+/t35-,36-,37+,38+,39-/m1/s1. The maximum absolute atomic E-state index is 12.6. The van der Waals surface area contributed by atoms with Crippen molar-refractivity contribution < 1.29 is 13.6 Å². The van der Waals surface area contributed by atoms with Crippen LogP contribution in [-0.2, 0) is 13.6 Å². The molecule has 3 saturated carbocycles. The maximum Gasteiger partial charge on any atom is 0.201 e. The van der Waals surface area contributed by atoms with Crippen LogP contribution in [0.5, 0.6) is 0 Å². The number of ketones is 1. The lowest BCUT2D eigenvalue weighted by molar-refractivity contribution is -0.124. The second kappa shape index (κ2) is 14.6. The zero-order chi connectivity index (χ0) is 33.4. The van der Waals surface area contributed by atoms with Gasteiger partial charge < -0.3 is 8.85 Å². The Bertz CT molecular complexity index is 1040. The molecule has 0 bridgehead atoms. The van der Waals surface area contributed by atoms with E-state index in [0.717, 1.165) is 32.1 Å². The minimum Gasteiger partial charge on any atom is -0.413 e. The van der Waals surface area contributed by atoms with E-state index in [2.05, 4.69) is 102 Å². The Labute approximate surface area is 275 Å². The van der Waals surface area contributed by atoms with E-state index in [0.29, 0.717) is 44.9 Å². The fraction of sp³-hybridized carbons (Fsp3) is 0.821. The molecule has 0 amide bonds. The van der Waals surface area contributed by atoms with Crippen molar-refractivity contribution in [3.05, 3.63) is 35.5 Å². The highest BCUT2D eigenvalue weighted by molar-refractivity contribution is 6.78. The van der Waals surface area contributed by atoms with Crippen molar-refractivity contribution in [3.63, 3.8) is 0 Å². The molecule has 5 heteroatoms. The van der Waals surface area contributed by atoms with E-state index in [-0.39, 0.29) is 23.5 Å². The SMILES string of the molecule is C=C1/C(=C/C=C2CCC[C@]3(C)[C@@H](C(C)=O)CC[C@@H]23)C[C@@H](O[Si](C(C)C)(C(C)C)C(C)C)C[C@@H]1O[Si](C(C)C)(C(C)C)C(C)C. The Hall–Kier alpha value is -0.756. The van der Waals surface area contributed by atoms with Gasteiger partial charge in [0, 0.05) is 12.3 Å². The summed E-state index contributed by atoms with van der Waals surface area (Å²) in [5.74, 6) is 1.12.